The largest absolute Gasteiger partial charge is 0.492 e. The van der Waals surface area contributed by atoms with Crippen molar-refractivity contribution in [1.82, 2.24) is 42.5 Å². The maximum atomic E-state index is 12.6. The standard InChI is InChI=1S/C19H12N2O2S.C19H14N2O2S.C17H12N2O3S.C16H14N2O4S/c22-17-16(18(23)21-19(24)20-17)10-15-13-7-3-1-5-11(13)9-12-6-2-4-8-14(12)15;22-17-16(18(23)21-19(24)20-17)12-15-10-8-14(9-11-15)7-6-13-4-2-1-3-5-13;20-15-14(16(21)19-17(23)18-15)10-11-6-8-13(9-7-11)22-12-4-2-1-3-5-12;1-7-3-10-12(4-8(7)2)22-6-9(13(10)19)5-11-14(20)17-16(23)18-15(11)21/h1-10H,(H2,20,21,22,23,24);1-12H,(H2,20,21,22,23,24);1-10H,(H2,18,19,20,21,23);3-5,9H,6H2,1-2H3,(H2,17,18,20,21,23)/b;7-6+;;. The second-order valence-electron chi connectivity index (χ2n) is 21.0. The number of amides is 8. The van der Waals surface area contributed by atoms with Crippen LogP contribution in [0.15, 0.2) is 204 Å². The molecule has 8 amide bonds. The number of ketones is 1. The molecular formula is C71H52N8O11S4. The van der Waals surface area contributed by atoms with Crippen molar-refractivity contribution in [2.24, 2.45) is 5.92 Å². The third kappa shape index (κ3) is 16.3. The van der Waals surface area contributed by atoms with Gasteiger partial charge in [0.1, 0.15) is 46.1 Å². The van der Waals surface area contributed by atoms with Gasteiger partial charge < -0.3 is 9.47 Å². The van der Waals surface area contributed by atoms with Crippen molar-refractivity contribution in [3.63, 3.8) is 0 Å². The van der Waals surface area contributed by atoms with Crippen molar-refractivity contribution in [2.75, 3.05) is 6.61 Å². The van der Waals surface area contributed by atoms with E-state index in [-0.39, 0.29) is 55.1 Å². The van der Waals surface area contributed by atoms with Crippen LogP contribution in [0.1, 0.15) is 49.3 Å². The van der Waals surface area contributed by atoms with Crippen molar-refractivity contribution in [1.29, 1.82) is 0 Å². The van der Waals surface area contributed by atoms with Crippen molar-refractivity contribution >= 4 is 174 Å². The summed E-state index contributed by atoms with van der Waals surface area (Å²) < 4.78 is 11.3. The normalized spacial score (nSPS) is 15.9. The molecule has 466 valence electrons. The van der Waals surface area contributed by atoms with E-state index in [1.54, 1.807) is 36.4 Å². The smallest absolute Gasteiger partial charge is 0.263 e. The molecule has 19 nitrogen and oxygen atoms in total. The van der Waals surface area contributed by atoms with Crippen molar-refractivity contribution < 1.29 is 52.6 Å². The highest BCUT2D eigenvalue weighted by Crippen LogP contribution is 2.33. The summed E-state index contributed by atoms with van der Waals surface area (Å²) in [7, 11) is 0. The zero-order chi connectivity index (χ0) is 66.6. The molecule has 8 aromatic rings. The van der Waals surface area contributed by atoms with Gasteiger partial charge in [-0.1, -0.05) is 152 Å². The minimum absolute atomic E-state index is 0.00956. The van der Waals surface area contributed by atoms with Crippen molar-refractivity contribution in [3.8, 4) is 17.2 Å². The SMILES string of the molecule is Cc1cc2c(cc1C)C(=O)C(C=C1C(=O)NC(=S)NC1=O)CO2.O=C1NC(=S)NC(=O)C1=Cc1c2ccccc2cc2ccccc12.O=C1NC(=S)NC(=O)C1=Cc1ccc(/C=C/c2ccccc2)cc1.O=C1NC(=S)NC(=O)C1=Cc1ccc(Oc2ccccc2)cc1. The fourth-order valence-corrected chi connectivity index (χ4v) is 10.5. The van der Waals surface area contributed by atoms with E-state index in [9.17, 15) is 43.2 Å². The van der Waals surface area contributed by atoms with Crippen LogP contribution in [-0.2, 0) is 38.4 Å². The Kier molecular flexibility index (Phi) is 20.5. The lowest BCUT2D eigenvalue weighted by molar-refractivity contribution is -0.125. The molecule has 23 heteroatoms. The molecule has 0 radical (unpaired) electrons. The molecule has 5 aliphatic rings. The number of hydrogen-bond donors (Lipinski definition) is 8. The summed E-state index contributed by atoms with van der Waals surface area (Å²) in [4.78, 5) is 108. The number of fused-ring (bicyclic) bond motifs is 3. The maximum absolute atomic E-state index is 12.6. The van der Waals surface area contributed by atoms with Gasteiger partial charge in [0.05, 0.1) is 11.5 Å². The highest BCUT2D eigenvalue weighted by Gasteiger charge is 2.33. The van der Waals surface area contributed by atoms with Crippen LogP contribution >= 0.6 is 48.9 Å². The first kappa shape index (κ1) is 65.3. The molecular weight excluding hydrogens is 1270 g/mol. The van der Waals surface area contributed by atoms with Crippen LogP contribution < -0.4 is 52.0 Å². The number of Topliss-reactive ketones (excluding diaryl/α,β-unsaturated/α-hetero) is 1. The number of ether oxygens (including phenoxy) is 2. The summed E-state index contributed by atoms with van der Waals surface area (Å²) >= 11 is 19.1. The molecule has 8 aromatic carbocycles. The van der Waals surface area contributed by atoms with Gasteiger partial charge in [0.15, 0.2) is 26.2 Å². The summed E-state index contributed by atoms with van der Waals surface area (Å²) in [5.41, 5.74) is 6.91. The molecule has 13 rings (SSSR count). The topological polar surface area (TPSA) is 268 Å². The van der Waals surface area contributed by atoms with Gasteiger partial charge in [-0.25, -0.2) is 0 Å². The van der Waals surface area contributed by atoms with E-state index >= 15 is 0 Å². The molecule has 4 fully saturated rings. The van der Waals surface area contributed by atoms with Crippen LogP contribution in [0, 0.1) is 19.8 Å². The molecule has 4 saturated heterocycles. The van der Waals surface area contributed by atoms with Crippen LogP contribution in [0.25, 0.3) is 51.9 Å². The fourth-order valence-electron chi connectivity index (χ4n) is 9.73. The highest BCUT2D eigenvalue weighted by atomic mass is 32.1. The minimum atomic E-state index is -0.692. The lowest BCUT2D eigenvalue weighted by Crippen LogP contribution is -2.51. The van der Waals surface area contributed by atoms with Crippen molar-refractivity contribution in [3.05, 3.63) is 249 Å². The second kappa shape index (κ2) is 29.5. The highest BCUT2D eigenvalue weighted by molar-refractivity contribution is 7.81. The zero-order valence-electron chi connectivity index (χ0n) is 49.6. The van der Waals surface area contributed by atoms with Crippen LogP contribution in [0.4, 0.5) is 0 Å². The molecule has 0 aliphatic carbocycles. The van der Waals surface area contributed by atoms with Crippen molar-refractivity contribution in [2.45, 2.75) is 13.8 Å². The van der Waals surface area contributed by atoms with E-state index in [2.05, 4.69) is 48.6 Å². The third-order valence-corrected chi connectivity index (χ3v) is 15.4. The Morgan fingerprint density at radius 1 is 0.394 bits per heavy atom. The summed E-state index contributed by atoms with van der Waals surface area (Å²) in [6.45, 7) is 3.94. The summed E-state index contributed by atoms with van der Waals surface area (Å²) in [6.07, 6.45) is 10.0. The first-order valence-corrected chi connectivity index (χ1v) is 30.3. The van der Waals surface area contributed by atoms with E-state index in [4.69, 9.17) is 58.3 Å². The molecule has 5 aliphatic heterocycles. The van der Waals surface area contributed by atoms with Crippen LogP contribution in [-0.4, -0.2) is 80.1 Å². The Balaban J connectivity index is 0.000000137. The molecule has 1 atom stereocenters. The number of benzene rings is 8. The van der Waals surface area contributed by atoms with E-state index in [1.165, 1.54) is 18.2 Å². The number of carbonyl (C=O) groups is 9. The van der Waals surface area contributed by atoms with E-state index < -0.39 is 53.2 Å². The van der Waals surface area contributed by atoms with Gasteiger partial charge in [-0.2, -0.15) is 0 Å². The molecule has 94 heavy (non-hydrogen) atoms. The number of rotatable bonds is 8. The van der Waals surface area contributed by atoms with Gasteiger partial charge in [-0.05, 0) is 184 Å². The Morgan fingerprint density at radius 3 is 1.22 bits per heavy atom. The monoisotopic (exact) mass is 1320 g/mol. The van der Waals surface area contributed by atoms with Crippen LogP contribution in [0.5, 0.6) is 17.2 Å². The summed E-state index contributed by atoms with van der Waals surface area (Å²) in [5.74, 6) is -3.13. The lowest BCUT2D eigenvalue weighted by Gasteiger charge is -2.24. The average molecular weight is 1320 g/mol. The molecule has 0 aromatic heterocycles. The Morgan fingerprint density at radius 2 is 0.755 bits per heavy atom. The Labute approximate surface area is 558 Å². The van der Waals surface area contributed by atoms with Gasteiger partial charge in [-0.15, -0.1) is 0 Å². The predicted molar refractivity (Wildman–Crippen MR) is 373 cm³/mol. The fraction of sp³-hybridized carbons (Fsp3) is 0.0563. The quantitative estimate of drug-likeness (QED) is 0.0232. The Hall–Kier alpha value is -11.6. The Bertz CT molecular complexity index is 4560. The van der Waals surface area contributed by atoms with Crippen LogP contribution in [0.3, 0.4) is 0 Å². The van der Waals surface area contributed by atoms with Gasteiger partial charge in [0.2, 0.25) is 0 Å². The molecule has 0 saturated carbocycles. The third-order valence-electron chi connectivity index (χ3n) is 14.5. The maximum Gasteiger partial charge on any atom is 0.263 e. The number of aryl methyl sites for hydroxylation is 2. The number of para-hydroxylation sites is 1. The average Bonchev–Trinajstić information content (AvgIpc) is 0.786. The first-order valence-electron chi connectivity index (χ1n) is 28.6. The molecule has 1 unspecified atom stereocenters. The zero-order valence-corrected chi connectivity index (χ0v) is 52.9. The second-order valence-corrected chi connectivity index (χ2v) is 22.7. The van der Waals surface area contributed by atoms with E-state index in [1.807, 2.05) is 166 Å². The summed E-state index contributed by atoms with van der Waals surface area (Å²) in [5, 5.41) is 23.3. The van der Waals surface area contributed by atoms with Gasteiger partial charge in [0.25, 0.3) is 47.3 Å². The van der Waals surface area contributed by atoms with Gasteiger partial charge >= 0.3 is 0 Å². The minimum Gasteiger partial charge on any atom is -0.492 e. The first-order chi connectivity index (χ1) is 45.2. The van der Waals surface area contributed by atoms with Gasteiger partial charge in [-0.3, -0.25) is 85.7 Å². The number of nitrogens with one attached hydrogen (secondary N) is 8. The van der Waals surface area contributed by atoms with E-state index in [0.29, 0.717) is 22.6 Å². The predicted octanol–water partition coefficient (Wildman–Crippen LogP) is 9.02. The molecule has 0 bridgehead atoms. The number of carbonyl (C=O) groups excluding carboxylic acids is 9. The van der Waals surface area contributed by atoms with Gasteiger partial charge in [0, 0.05) is 0 Å². The summed E-state index contributed by atoms with van der Waals surface area (Å²) in [6, 6.07) is 55.5. The lowest BCUT2D eigenvalue weighted by atomic mass is 9.90. The molecule has 5 heterocycles. The molecule has 8 N–H and O–H groups in total. The number of thiocarbonyl (C=S) groups is 4. The van der Waals surface area contributed by atoms with E-state index in [0.717, 1.165) is 60.7 Å². The van der Waals surface area contributed by atoms with Crippen LogP contribution in [0.2, 0.25) is 0 Å². The molecule has 0 spiro atoms. The number of hydrogen-bond acceptors (Lipinski definition) is 15.